The zero-order chi connectivity index (χ0) is 10.7. The van der Waals surface area contributed by atoms with Gasteiger partial charge in [-0.05, 0) is 49.4 Å². The van der Waals surface area contributed by atoms with E-state index in [1.807, 2.05) is 0 Å². The van der Waals surface area contributed by atoms with E-state index in [2.05, 4.69) is 0 Å². The summed E-state index contributed by atoms with van der Waals surface area (Å²) in [5.74, 6) is -0.0282. The Morgan fingerprint density at radius 1 is 1.27 bits per heavy atom. The van der Waals surface area contributed by atoms with Crippen LogP contribution < -0.4 is 4.74 Å². The molecule has 1 aromatic carbocycles. The summed E-state index contributed by atoms with van der Waals surface area (Å²) >= 11 is 0. The predicted octanol–water partition coefficient (Wildman–Crippen LogP) is 2.49. The highest BCUT2D eigenvalue weighted by Crippen LogP contribution is 2.24. The minimum Gasteiger partial charge on any atom is -0.493 e. The van der Waals surface area contributed by atoms with E-state index in [4.69, 9.17) is 9.84 Å². The van der Waals surface area contributed by atoms with Crippen molar-refractivity contribution >= 4 is 5.97 Å². The molecule has 0 spiro atoms. The third-order valence-electron chi connectivity index (χ3n) is 2.66. The average Bonchev–Trinajstić information content (AvgIpc) is 2.18. The number of carboxylic acid groups (broad SMARTS) is 1. The van der Waals surface area contributed by atoms with Gasteiger partial charge in [0.25, 0.3) is 0 Å². The molecule has 0 unspecified atom stereocenters. The molecule has 1 aliphatic heterocycles. The molecular formula is C12H14O3. The van der Waals surface area contributed by atoms with E-state index in [1.165, 1.54) is 0 Å². The summed E-state index contributed by atoms with van der Waals surface area (Å²) < 4.78 is 5.57. The summed E-state index contributed by atoms with van der Waals surface area (Å²) in [6.45, 7) is 0.736. The fraction of sp³-hybridized carbons (Fsp3) is 0.417. The Hall–Kier alpha value is -1.51. The molecule has 3 nitrogen and oxygen atoms in total. The molecule has 80 valence electrons. The summed E-state index contributed by atoms with van der Waals surface area (Å²) in [6.07, 6.45) is 4.26. The van der Waals surface area contributed by atoms with Crippen LogP contribution in [0.15, 0.2) is 18.2 Å². The zero-order valence-corrected chi connectivity index (χ0v) is 8.53. The van der Waals surface area contributed by atoms with Crippen LogP contribution in [-0.2, 0) is 6.42 Å². The van der Waals surface area contributed by atoms with E-state index in [1.54, 1.807) is 18.2 Å². The molecule has 0 saturated heterocycles. The molecule has 0 aliphatic carbocycles. The molecule has 2 rings (SSSR count). The van der Waals surface area contributed by atoms with Gasteiger partial charge in [-0.2, -0.15) is 0 Å². The quantitative estimate of drug-likeness (QED) is 0.767. The molecule has 1 N–H and O–H groups in total. The zero-order valence-electron chi connectivity index (χ0n) is 8.53. The molecule has 0 saturated carbocycles. The number of rotatable bonds is 1. The van der Waals surface area contributed by atoms with Gasteiger partial charge in [0.05, 0.1) is 12.2 Å². The molecule has 0 radical (unpaired) electrons. The van der Waals surface area contributed by atoms with Crippen LogP contribution >= 0.6 is 0 Å². The first-order chi connectivity index (χ1) is 7.27. The Bertz CT molecular complexity index is 371. The maximum atomic E-state index is 10.8. The van der Waals surface area contributed by atoms with E-state index in [9.17, 15) is 4.79 Å². The molecule has 15 heavy (non-hydrogen) atoms. The van der Waals surface area contributed by atoms with Gasteiger partial charge < -0.3 is 9.84 Å². The molecule has 0 bridgehead atoms. The van der Waals surface area contributed by atoms with Gasteiger partial charge in [-0.15, -0.1) is 0 Å². The van der Waals surface area contributed by atoms with Crippen molar-refractivity contribution in [3.05, 3.63) is 29.3 Å². The van der Waals surface area contributed by atoms with Gasteiger partial charge in [0, 0.05) is 0 Å². The second-order valence-electron chi connectivity index (χ2n) is 3.79. The van der Waals surface area contributed by atoms with Gasteiger partial charge in [0.2, 0.25) is 0 Å². The predicted molar refractivity (Wildman–Crippen MR) is 56.5 cm³/mol. The third kappa shape index (κ3) is 2.29. The Labute approximate surface area is 88.7 Å². The second-order valence-corrected chi connectivity index (χ2v) is 3.79. The van der Waals surface area contributed by atoms with Crippen LogP contribution in [0.4, 0.5) is 0 Å². The normalized spacial score (nSPS) is 15.7. The first-order valence-corrected chi connectivity index (χ1v) is 5.26. The highest BCUT2D eigenvalue weighted by atomic mass is 16.5. The highest BCUT2D eigenvalue weighted by molar-refractivity contribution is 5.88. The molecule has 3 heteroatoms. The number of carbonyl (C=O) groups is 1. The number of ether oxygens (including phenoxy) is 1. The molecule has 1 aliphatic rings. The lowest BCUT2D eigenvalue weighted by Gasteiger charge is -2.15. The van der Waals surface area contributed by atoms with E-state index in [0.717, 1.165) is 43.6 Å². The number of hydrogen-bond donors (Lipinski definition) is 1. The van der Waals surface area contributed by atoms with Crippen molar-refractivity contribution in [3.8, 4) is 5.75 Å². The number of benzene rings is 1. The van der Waals surface area contributed by atoms with Crippen molar-refractivity contribution in [3.63, 3.8) is 0 Å². The summed E-state index contributed by atoms with van der Waals surface area (Å²) in [7, 11) is 0. The van der Waals surface area contributed by atoms with Crippen LogP contribution in [0.3, 0.4) is 0 Å². The van der Waals surface area contributed by atoms with Crippen molar-refractivity contribution in [2.24, 2.45) is 0 Å². The summed E-state index contributed by atoms with van der Waals surface area (Å²) in [5.41, 5.74) is 1.37. The minimum absolute atomic E-state index is 0.345. The standard InChI is InChI=1S/C12H14O3/c13-12(14)10-5-6-11-9(8-10)4-2-1-3-7-15-11/h5-6,8H,1-4,7H2,(H,13,14). The van der Waals surface area contributed by atoms with Gasteiger partial charge in [-0.25, -0.2) is 4.79 Å². The topological polar surface area (TPSA) is 46.5 Å². The maximum absolute atomic E-state index is 10.8. The monoisotopic (exact) mass is 206 g/mol. The van der Waals surface area contributed by atoms with E-state index in [0.29, 0.717) is 5.56 Å². The number of aryl methyl sites for hydroxylation is 1. The average molecular weight is 206 g/mol. The first kappa shape index (κ1) is 10.0. The Morgan fingerprint density at radius 2 is 2.13 bits per heavy atom. The number of hydrogen-bond acceptors (Lipinski definition) is 2. The molecule has 0 atom stereocenters. The van der Waals surface area contributed by atoms with Crippen LogP contribution in [0.1, 0.15) is 35.2 Å². The largest absolute Gasteiger partial charge is 0.493 e. The second kappa shape index (κ2) is 4.34. The summed E-state index contributed by atoms with van der Waals surface area (Å²) in [5, 5.41) is 8.87. The van der Waals surface area contributed by atoms with Gasteiger partial charge in [0.15, 0.2) is 0 Å². The third-order valence-corrected chi connectivity index (χ3v) is 2.66. The van der Waals surface area contributed by atoms with Gasteiger partial charge in [0.1, 0.15) is 5.75 Å². The van der Waals surface area contributed by atoms with Gasteiger partial charge in [-0.1, -0.05) is 0 Å². The van der Waals surface area contributed by atoms with Crippen LogP contribution in [0.5, 0.6) is 5.75 Å². The number of aromatic carboxylic acids is 1. The number of carboxylic acids is 1. The van der Waals surface area contributed by atoms with Crippen molar-refractivity contribution < 1.29 is 14.6 Å². The number of fused-ring (bicyclic) bond motifs is 1. The van der Waals surface area contributed by atoms with Crippen LogP contribution in [0, 0.1) is 0 Å². The first-order valence-electron chi connectivity index (χ1n) is 5.26. The molecule has 1 heterocycles. The van der Waals surface area contributed by atoms with Crippen molar-refractivity contribution in [1.82, 2.24) is 0 Å². The molecule has 0 fully saturated rings. The Kier molecular flexibility index (Phi) is 2.90. The van der Waals surface area contributed by atoms with Gasteiger partial charge >= 0.3 is 5.97 Å². The van der Waals surface area contributed by atoms with Crippen molar-refractivity contribution in [1.29, 1.82) is 0 Å². The SMILES string of the molecule is O=C(O)c1ccc2c(c1)CCCCCO2. The highest BCUT2D eigenvalue weighted by Gasteiger charge is 2.11. The molecule has 1 aromatic rings. The lowest BCUT2D eigenvalue weighted by molar-refractivity contribution is 0.0696. The molecule has 0 aromatic heterocycles. The lowest BCUT2D eigenvalue weighted by Crippen LogP contribution is -2.06. The smallest absolute Gasteiger partial charge is 0.335 e. The van der Waals surface area contributed by atoms with Crippen LogP contribution in [0.2, 0.25) is 0 Å². The summed E-state index contributed by atoms with van der Waals surface area (Å²) in [4.78, 5) is 10.8. The van der Waals surface area contributed by atoms with Crippen molar-refractivity contribution in [2.75, 3.05) is 6.61 Å². The van der Waals surface area contributed by atoms with E-state index >= 15 is 0 Å². The van der Waals surface area contributed by atoms with Crippen LogP contribution in [0.25, 0.3) is 0 Å². The van der Waals surface area contributed by atoms with E-state index in [-0.39, 0.29) is 0 Å². The fourth-order valence-corrected chi connectivity index (χ4v) is 1.83. The molecular weight excluding hydrogens is 192 g/mol. The minimum atomic E-state index is -0.875. The Morgan fingerprint density at radius 3 is 2.93 bits per heavy atom. The van der Waals surface area contributed by atoms with Crippen molar-refractivity contribution in [2.45, 2.75) is 25.7 Å². The fourth-order valence-electron chi connectivity index (χ4n) is 1.83. The Balaban J connectivity index is 2.31. The maximum Gasteiger partial charge on any atom is 0.335 e. The van der Waals surface area contributed by atoms with Gasteiger partial charge in [-0.3, -0.25) is 0 Å². The lowest BCUT2D eigenvalue weighted by atomic mass is 10.0. The van der Waals surface area contributed by atoms with Crippen LogP contribution in [-0.4, -0.2) is 17.7 Å². The van der Waals surface area contributed by atoms with E-state index < -0.39 is 5.97 Å². The summed E-state index contributed by atoms with van der Waals surface area (Å²) in [6, 6.07) is 5.09. The molecule has 0 amide bonds.